The van der Waals surface area contributed by atoms with Crippen molar-refractivity contribution in [2.75, 3.05) is 13.1 Å². The van der Waals surface area contributed by atoms with Gasteiger partial charge in [-0.25, -0.2) is 0 Å². The smallest absolute Gasteiger partial charge is 0.0452 e. The van der Waals surface area contributed by atoms with E-state index in [1.54, 1.807) is 0 Å². The molecular formula is C21H28N2. The van der Waals surface area contributed by atoms with Crippen molar-refractivity contribution in [1.82, 2.24) is 10.2 Å². The summed E-state index contributed by atoms with van der Waals surface area (Å²) >= 11 is 0. The van der Waals surface area contributed by atoms with Gasteiger partial charge in [0.25, 0.3) is 0 Å². The molecule has 0 bridgehead atoms. The Hall–Kier alpha value is -1.64. The van der Waals surface area contributed by atoms with Crippen molar-refractivity contribution in [2.24, 2.45) is 0 Å². The van der Waals surface area contributed by atoms with Crippen LogP contribution >= 0.6 is 0 Å². The third-order valence-electron chi connectivity index (χ3n) is 4.71. The van der Waals surface area contributed by atoms with Crippen LogP contribution in [0.3, 0.4) is 0 Å². The molecule has 1 saturated heterocycles. The molecule has 23 heavy (non-hydrogen) atoms. The highest BCUT2D eigenvalue weighted by Crippen LogP contribution is 2.22. The minimum atomic E-state index is 0.440. The van der Waals surface area contributed by atoms with E-state index in [9.17, 15) is 0 Å². The molecule has 2 aromatic rings. The maximum absolute atomic E-state index is 3.88. The first-order valence-corrected chi connectivity index (χ1v) is 8.92. The summed E-state index contributed by atoms with van der Waals surface area (Å²) in [5, 5.41) is 3.88. The van der Waals surface area contributed by atoms with E-state index in [4.69, 9.17) is 0 Å². The van der Waals surface area contributed by atoms with E-state index in [2.05, 4.69) is 77.8 Å². The molecule has 122 valence electrons. The molecule has 0 spiro atoms. The maximum atomic E-state index is 3.88. The zero-order chi connectivity index (χ0) is 15.9. The number of piperazine rings is 1. The Morgan fingerprint density at radius 1 is 0.957 bits per heavy atom. The summed E-state index contributed by atoms with van der Waals surface area (Å²) in [6.45, 7) is 5.56. The highest BCUT2D eigenvalue weighted by atomic mass is 15.2. The molecule has 3 rings (SSSR count). The van der Waals surface area contributed by atoms with Gasteiger partial charge in [-0.3, -0.25) is 4.90 Å². The summed E-state index contributed by atoms with van der Waals surface area (Å²) in [7, 11) is 0. The summed E-state index contributed by atoms with van der Waals surface area (Å²) in [4.78, 5) is 2.61. The number of rotatable bonds is 6. The molecule has 0 amide bonds. The van der Waals surface area contributed by atoms with Crippen LogP contribution < -0.4 is 5.32 Å². The molecule has 2 heteroatoms. The van der Waals surface area contributed by atoms with Gasteiger partial charge < -0.3 is 5.32 Å². The Labute approximate surface area is 140 Å². The molecule has 2 aromatic carbocycles. The predicted molar refractivity (Wildman–Crippen MR) is 97.4 cm³/mol. The molecule has 0 saturated carbocycles. The van der Waals surface area contributed by atoms with Crippen molar-refractivity contribution < 1.29 is 0 Å². The van der Waals surface area contributed by atoms with Crippen LogP contribution in [0.5, 0.6) is 0 Å². The van der Waals surface area contributed by atoms with Gasteiger partial charge in [0.05, 0.1) is 0 Å². The second kappa shape index (κ2) is 8.28. The summed E-state index contributed by atoms with van der Waals surface area (Å²) in [5.41, 5.74) is 2.82. The van der Waals surface area contributed by atoms with Gasteiger partial charge in [-0.15, -0.1) is 0 Å². The fourth-order valence-electron chi connectivity index (χ4n) is 3.52. The molecule has 1 aliphatic heterocycles. The molecular weight excluding hydrogens is 280 g/mol. The van der Waals surface area contributed by atoms with Crippen molar-refractivity contribution in [3.8, 4) is 0 Å². The average Bonchev–Trinajstić information content (AvgIpc) is 2.61. The fourth-order valence-corrected chi connectivity index (χ4v) is 3.52. The van der Waals surface area contributed by atoms with Crippen LogP contribution in [0.25, 0.3) is 0 Å². The zero-order valence-corrected chi connectivity index (χ0v) is 14.1. The second-order valence-electron chi connectivity index (χ2n) is 6.65. The highest BCUT2D eigenvalue weighted by Gasteiger charge is 2.26. The van der Waals surface area contributed by atoms with E-state index in [-0.39, 0.29) is 0 Å². The molecule has 0 aromatic heterocycles. The van der Waals surface area contributed by atoms with Gasteiger partial charge >= 0.3 is 0 Å². The SMILES string of the molecule is CCCCC1CN(Cc2ccccc2)CC(c2ccccc2)N1. The standard InChI is InChI=1S/C21H28N2/c1-2-3-14-20-16-23(15-18-10-6-4-7-11-18)17-21(22-20)19-12-8-5-9-13-19/h4-13,20-22H,2-3,14-17H2,1H3. The fraction of sp³-hybridized carbons (Fsp3) is 0.429. The number of nitrogens with one attached hydrogen (secondary N) is 1. The van der Waals surface area contributed by atoms with E-state index >= 15 is 0 Å². The van der Waals surface area contributed by atoms with E-state index in [0.29, 0.717) is 12.1 Å². The average molecular weight is 308 g/mol. The third-order valence-corrected chi connectivity index (χ3v) is 4.71. The topological polar surface area (TPSA) is 15.3 Å². The van der Waals surface area contributed by atoms with Crippen LogP contribution in [0.4, 0.5) is 0 Å². The lowest BCUT2D eigenvalue weighted by molar-refractivity contribution is 0.147. The van der Waals surface area contributed by atoms with Gasteiger partial charge in [0, 0.05) is 31.7 Å². The number of benzene rings is 2. The molecule has 2 unspecified atom stereocenters. The van der Waals surface area contributed by atoms with E-state index in [0.717, 1.165) is 19.6 Å². The lowest BCUT2D eigenvalue weighted by Gasteiger charge is -2.39. The summed E-state index contributed by atoms with van der Waals surface area (Å²) < 4.78 is 0. The van der Waals surface area contributed by atoms with Crippen molar-refractivity contribution in [3.63, 3.8) is 0 Å². The Morgan fingerprint density at radius 2 is 1.65 bits per heavy atom. The van der Waals surface area contributed by atoms with Crippen LogP contribution in [-0.2, 0) is 6.54 Å². The lowest BCUT2D eigenvalue weighted by Crippen LogP contribution is -2.51. The number of hydrogen-bond acceptors (Lipinski definition) is 2. The quantitative estimate of drug-likeness (QED) is 0.851. The normalized spacial score (nSPS) is 22.1. The monoisotopic (exact) mass is 308 g/mol. The number of nitrogens with zero attached hydrogens (tertiary/aromatic N) is 1. The Kier molecular flexibility index (Phi) is 5.84. The van der Waals surface area contributed by atoms with E-state index in [1.165, 1.54) is 30.4 Å². The molecule has 1 N–H and O–H groups in total. The van der Waals surface area contributed by atoms with Crippen molar-refractivity contribution in [3.05, 3.63) is 71.8 Å². The van der Waals surface area contributed by atoms with Gasteiger partial charge in [0.2, 0.25) is 0 Å². The lowest BCUT2D eigenvalue weighted by atomic mass is 9.98. The van der Waals surface area contributed by atoms with Gasteiger partial charge in [-0.2, -0.15) is 0 Å². The van der Waals surface area contributed by atoms with Gasteiger partial charge in [0.1, 0.15) is 0 Å². The molecule has 1 aliphatic rings. The van der Waals surface area contributed by atoms with Crippen LogP contribution in [0, 0.1) is 0 Å². The summed E-state index contributed by atoms with van der Waals surface area (Å²) in [5.74, 6) is 0. The molecule has 1 heterocycles. The van der Waals surface area contributed by atoms with Crippen LogP contribution in [0.2, 0.25) is 0 Å². The highest BCUT2D eigenvalue weighted by molar-refractivity contribution is 5.21. The number of hydrogen-bond donors (Lipinski definition) is 1. The summed E-state index contributed by atoms with van der Waals surface area (Å²) in [6, 6.07) is 22.8. The first-order chi connectivity index (χ1) is 11.3. The third kappa shape index (κ3) is 4.66. The maximum Gasteiger partial charge on any atom is 0.0452 e. The Bertz CT molecular complexity index is 567. The minimum absolute atomic E-state index is 0.440. The number of unbranched alkanes of at least 4 members (excludes halogenated alkanes) is 1. The molecule has 2 atom stereocenters. The second-order valence-corrected chi connectivity index (χ2v) is 6.65. The zero-order valence-electron chi connectivity index (χ0n) is 14.1. The Balaban J connectivity index is 1.71. The first-order valence-electron chi connectivity index (χ1n) is 8.92. The molecule has 0 radical (unpaired) electrons. The molecule has 2 nitrogen and oxygen atoms in total. The summed E-state index contributed by atoms with van der Waals surface area (Å²) in [6.07, 6.45) is 3.84. The largest absolute Gasteiger partial charge is 0.305 e. The molecule has 0 aliphatic carbocycles. The Morgan fingerprint density at radius 3 is 2.35 bits per heavy atom. The molecule has 1 fully saturated rings. The van der Waals surface area contributed by atoms with Crippen LogP contribution in [0.1, 0.15) is 43.4 Å². The van der Waals surface area contributed by atoms with E-state index in [1.807, 2.05) is 0 Å². The van der Waals surface area contributed by atoms with Crippen molar-refractivity contribution in [2.45, 2.75) is 44.8 Å². The minimum Gasteiger partial charge on any atom is -0.305 e. The van der Waals surface area contributed by atoms with Crippen molar-refractivity contribution >= 4 is 0 Å². The first kappa shape index (κ1) is 16.2. The van der Waals surface area contributed by atoms with Crippen molar-refractivity contribution in [1.29, 1.82) is 0 Å². The van der Waals surface area contributed by atoms with Gasteiger partial charge in [0.15, 0.2) is 0 Å². The van der Waals surface area contributed by atoms with Crippen LogP contribution in [0.15, 0.2) is 60.7 Å². The van der Waals surface area contributed by atoms with Gasteiger partial charge in [-0.1, -0.05) is 80.4 Å². The van der Waals surface area contributed by atoms with E-state index < -0.39 is 0 Å². The van der Waals surface area contributed by atoms with Crippen LogP contribution in [-0.4, -0.2) is 24.0 Å². The predicted octanol–water partition coefficient (Wildman–Crippen LogP) is 4.39. The van der Waals surface area contributed by atoms with Gasteiger partial charge in [-0.05, 0) is 17.5 Å².